The van der Waals surface area contributed by atoms with E-state index in [1.54, 1.807) is 11.3 Å². The molecule has 1 aliphatic carbocycles. The third-order valence-corrected chi connectivity index (χ3v) is 5.83. The van der Waals surface area contributed by atoms with Gasteiger partial charge >= 0.3 is 0 Å². The first kappa shape index (κ1) is 15.0. The Morgan fingerprint density at radius 1 is 1.33 bits per heavy atom. The molecular formula is C17H27N3S. The molecule has 0 bridgehead atoms. The smallest absolute Gasteiger partial charge is 0.194 e. The summed E-state index contributed by atoms with van der Waals surface area (Å²) in [5.74, 6) is 0.872. The number of aryl methyl sites for hydroxylation is 2. The Morgan fingerprint density at radius 2 is 2.10 bits per heavy atom. The maximum absolute atomic E-state index is 4.69. The third-order valence-electron chi connectivity index (χ3n) is 4.93. The van der Waals surface area contributed by atoms with Crippen LogP contribution in [0.4, 0.5) is 0 Å². The van der Waals surface area contributed by atoms with Crippen molar-refractivity contribution in [3.63, 3.8) is 0 Å². The van der Waals surface area contributed by atoms with Crippen LogP contribution in [0.15, 0.2) is 6.20 Å². The van der Waals surface area contributed by atoms with Gasteiger partial charge in [-0.3, -0.25) is 4.40 Å². The highest BCUT2D eigenvalue weighted by atomic mass is 32.1. The summed E-state index contributed by atoms with van der Waals surface area (Å²) in [6.07, 6.45) is 10.5. The minimum Gasteiger partial charge on any atom is -0.308 e. The Balaban J connectivity index is 1.70. The van der Waals surface area contributed by atoms with Crippen LogP contribution in [-0.4, -0.2) is 15.4 Å². The first-order valence-corrected chi connectivity index (χ1v) is 9.18. The lowest BCUT2D eigenvalue weighted by molar-refractivity contribution is 0.261. The van der Waals surface area contributed by atoms with Gasteiger partial charge in [-0.1, -0.05) is 26.2 Å². The standard InChI is InChI=1S/C17H27N3S/c1-4-15(14-8-6-5-7-9-14)18-10-16-13(3)19-17-20(16)11-12(2)21-17/h11,14-15,18H,4-10H2,1-3H3. The molecule has 1 saturated carbocycles. The molecule has 3 nitrogen and oxygen atoms in total. The Bertz CT molecular complexity index is 592. The number of hydrogen-bond donors (Lipinski definition) is 1. The Morgan fingerprint density at radius 3 is 2.81 bits per heavy atom. The Kier molecular flexibility index (Phi) is 4.65. The third kappa shape index (κ3) is 3.16. The number of nitrogens with one attached hydrogen (secondary N) is 1. The van der Waals surface area contributed by atoms with Gasteiger partial charge < -0.3 is 5.32 Å². The van der Waals surface area contributed by atoms with Crippen LogP contribution in [0.25, 0.3) is 4.96 Å². The molecule has 3 rings (SSSR count). The maximum atomic E-state index is 4.69. The number of fused-ring (bicyclic) bond motifs is 1. The SMILES string of the molecule is CCC(NCc1c(C)nc2sc(C)cn12)C1CCCCC1. The van der Waals surface area contributed by atoms with Gasteiger partial charge in [0.25, 0.3) is 0 Å². The number of thiazole rings is 1. The molecule has 116 valence electrons. The largest absolute Gasteiger partial charge is 0.308 e. The Hall–Kier alpha value is -0.870. The maximum Gasteiger partial charge on any atom is 0.194 e. The molecule has 0 spiro atoms. The molecule has 0 aliphatic heterocycles. The number of rotatable bonds is 5. The van der Waals surface area contributed by atoms with Crippen molar-refractivity contribution in [2.75, 3.05) is 0 Å². The summed E-state index contributed by atoms with van der Waals surface area (Å²) in [4.78, 5) is 7.16. The van der Waals surface area contributed by atoms with Crippen LogP contribution >= 0.6 is 11.3 Å². The molecule has 0 aromatic carbocycles. The quantitative estimate of drug-likeness (QED) is 0.883. The van der Waals surface area contributed by atoms with E-state index in [-0.39, 0.29) is 0 Å². The first-order chi connectivity index (χ1) is 10.2. The molecule has 21 heavy (non-hydrogen) atoms. The lowest BCUT2D eigenvalue weighted by Crippen LogP contribution is -2.36. The normalized spacial score (nSPS) is 18.4. The van der Waals surface area contributed by atoms with E-state index in [9.17, 15) is 0 Å². The van der Waals surface area contributed by atoms with E-state index < -0.39 is 0 Å². The molecule has 4 heteroatoms. The van der Waals surface area contributed by atoms with E-state index in [4.69, 9.17) is 4.98 Å². The first-order valence-electron chi connectivity index (χ1n) is 8.36. The van der Waals surface area contributed by atoms with Crippen molar-refractivity contribution in [1.29, 1.82) is 0 Å². The number of aromatic nitrogens is 2. The van der Waals surface area contributed by atoms with Gasteiger partial charge in [0, 0.05) is 23.7 Å². The van der Waals surface area contributed by atoms with Crippen LogP contribution in [0.2, 0.25) is 0 Å². The summed E-state index contributed by atoms with van der Waals surface area (Å²) in [6, 6.07) is 0.662. The zero-order valence-electron chi connectivity index (χ0n) is 13.5. The van der Waals surface area contributed by atoms with E-state index in [0.29, 0.717) is 6.04 Å². The van der Waals surface area contributed by atoms with Gasteiger partial charge in [0.2, 0.25) is 0 Å². The van der Waals surface area contributed by atoms with Crippen LogP contribution in [-0.2, 0) is 6.54 Å². The van der Waals surface area contributed by atoms with Crippen LogP contribution in [0.3, 0.4) is 0 Å². The van der Waals surface area contributed by atoms with E-state index in [0.717, 1.165) is 17.4 Å². The van der Waals surface area contributed by atoms with Gasteiger partial charge in [-0.25, -0.2) is 4.98 Å². The zero-order chi connectivity index (χ0) is 14.8. The van der Waals surface area contributed by atoms with Crippen LogP contribution in [0.1, 0.15) is 61.7 Å². The minimum absolute atomic E-state index is 0.662. The van der Waals surface area contributed by atoms with Gasteiger partial charge in [-0.15, -0.1) is 11.3 Å². The van der Waals surface area contributed by atoms with Gasteiger partial charge in [0.1, 0.15) is 0 Å². The highest BCUT2D eigenvalue weighted by Gasteiger charge is 2.22. The highest BCUT2D eigenvalue weighted by Crippen LogP contribution is 2.28. The van der Waals surface area contributed by atoms with Gasteiger partial charge in [0.15, 0.2) is 4.96 Å². The van der Waals surface area contributed by atoms with Gasteiger partial charge in [0.05, 0.1) is 11.4 Å². The number of hydrogen-bond acceptors (Lipinski definition) is 3. The zero-order valence-corrected chi connectivity index (χ0v) is 14.3. The molecule has 0 radical (unpaired) electrons. The van der Waals surface area contributed by atoms with Crippen LogP contribution < -0.4 is 5.32 Å². The lowest BCUT2D eigenvalue weighted by Gasteiger charge is -2.30. The lowest BCUT2D eigenvalue weighted by atomic mass is 9.83. The van der Waals surface area contributed by atoms with Gasteiger partial charge in [-0.2, -0.15) is 0 Å². The van der Waals surface area contributed by atoms with Crippen LogP contribution in [0, 0.1) is 19.8 Å². The fourth-order valence-corrected chi connectivity index (χ4v) is 4.62. The molecule has 2 heterocycles. The van der Waals surface area contributed by atoms with Crippen molar-refractivity contribution in [3.8, 4) is 0 Å². The van der Waals surface area contributed by atoms with Crippen molar-refractivity contribution in [2.24, 2.45) is 5.92 Å². The fourth-order valence-electron chi connectivity index (χ4n) is 3.73. The van der Waals surface area contributed by atoms with Crippen molar-refractivity contribution in [3.05, 3.63) is 22.5 Å². The number of nitrogens with zero attached hydrogens (tertiary/aromatic N) is 2. The molecular weight excluding hydrogens is 278 g/mol. The Labute approximate surface area is 131 Å². The summed E-state index contributed by atoms with van der Waals surface area (Å²) < 4.78 is 2.27. The highest BCUT2D eigenvalue weighted by molar-refractivity contribution is 7.17. The fraction of sp³-hybridized carbons (Fsp3) is 0.706. The average Bonchev–Trinajstić information content (AvgIpc) is 2.97. The van der Waals surface area contributed by atoms with E-state index in [1.807, 2.05) is 0 Å². The molecule has 1 unspecified atom stereocenters. The topological polar surface area (TPSA) is 29.3 Å². The second-order valence-electron chi connectivity index (χ2n) is 6.43. The number of imidazole rings is 1. The summed E-state index contributed by atoms with van der Waals surface area (Å²) in [5, 5.41) is 3.83. The van der Waals surface area contributed by atoms with E-state index >= 15 is 0 Å². The molecule has 1 N–H and O–H groups in total. The van der Waals surface area contributed by atoms with Crippen molar-refractivity contribution in [1.82, 2.24) is 14.7 Å². The molecule has 1 fully saturated rings. The van der Waals surface area contributed by atoms with E-state index in [2.05, 4.69) is 36.7 Å². The minimum atomic E-state index is 0.662. The summed E-state index contributed by atoms with van der Waals surface area (Å²) in [6.45, 7) is 7.55. The molecule has 2 aromatic heterocycles. The molecule has 2 aromatic rings. The predicted molar refractivity (Wildman–Crippen MR) is 90.0 cm³/mol. The monoisotopic (exact) mass is 305 g/mol. The molecule has 0 saturated heterocycles. The van der Waals surface area contributed by atoms with Crippen LogP contribution in [0.5, 0.6) is 0 Å². The second kappa shape index (κ2) is 6.49. The predicted octanol–water partition coefficient (Wildman–Crippen LogP) is 4.46. The van der Waals surface area contributed by atoms with Crippen molar-refractivity contribution < 1.29 is 0 Å². The van der Waals surface area contributed by atoms with Crippen molar-refractivity contribution in [2.45, 2.75) is 71.9 Å². The average molecular weight is 305 g/mol. The summed E-state index contributed by atoms with van der Waals surface area (Å²) >= 11 is 1.78. The molecule has 1 atom stereocenters. The second-order valence-corrected chi connectivity index (χ2v) is 7.65. The van der Waals surface area contributed by atoms with Gasteiger partial charge in [-0.05, 0) is 39.0 Å². The summed E-state index contributed by atoms with van der Waals surface area (Å²) in [5.41, 5.74) is 2.51. The van der Waals surface area contributed by atoms with E-state index in [1.165, 1.54) is 54.8 Å². The molecule has 1 aliphatic rings. The van der Waals surface area contributed by atoms with Crippen molar-refractivity contribution >= 4 is 16.3 Å². The molecule has 0 amide bonds. The summed E-state index contributed by atoms with van der Waals surface area (Å²) in [7, 11) is 0.